The Hall–Kier alpha value is -3.23. The lowest BCUT2D eigenvalue weighted by molar-refractivity contribution is -0.113. The van der Waals surface area contributed by atoms with Crippen LogP contribution in [0.3, 0.4) is 0 Å². The first kappa shape index (κ1) is 24.1. The molecular formula is C29H32N6OS. The zero-order chi connectivity index (χ0) is 25.2. The maximum Gasteiger partial charge on any atom is 0.286 e. The molecule has 3 aromatic rings. The fourth-order valence-electron chi connectivity index (χ4n) is 5.32. The number of nitrogens with zero attached hydrogens (tertiary/aromatic N) is 6. The molecule has 1 amide bonds. The van der Waals surface area contributed by atoms with E-state index in [-0.39, 0.29) is 5.91 Å². The average molecular weight is 513 g/mol. The molecule has 2 aromatic carbocycles. The normalized spacial score (nSPS) is 20.2. The molecule has 1 aromatic heterocycles. The molecule has 190 valence electrons. The number of anilines is 1. The summed E-state index contributed by atoms with van der Waals surface area (Å²) in [6.07, 6.45) is 7.16. The third-order valence-corrected chi connectivity index (χ3v) is 8.56. The topological polar surface area (TPSA) is 64.9 Å². The number of aromatic nitrogens is 2. The summed E-state index contributed by atoms with van der Waals surface area (Å²) in [7, 11) is 0. The minimum atomic E-state index is -0.148. The molecule has 7 nitrogen and oxygen atoms in total. The summed E-state index contributed by atoms with van der Waals surface area (Å²) in [4.78, 5) is 34.0. The molecule has 8 heteroatoms. The number of hydrogen-bond donors (Lipinski definition) is 0. The lowest BCUT2D eigenvalue weighted by atomic mass is 10.0. The minimum absolute atomic E-state index is 0.148. The van der Waals surface area contributed by atoms with E-state index in [1.54, 1.807) is 6.33 Å². The Kier molecular flexibility index (Phi) is 6.93. The van der Waals surface area contributed by atoms with E-state index >= 15 is 0 Å². The number of hydrogen-bond acceptors (Lipinski definition) is 7. The van der Waals surface area contributed by atoms with Crippen LogP contribution in [0, 0.1) is 0 Å². The van der Waals surface area contributed by atoms with Crippen molar-refractivity contribution in [2.75, 3.05) is 50.7 Å². The van der Waals surface area contributed by atoms with E-state index in [0.29, 0.717) is 4.91 Å². The van der Waals surface area contributed by atoms with Crippen molar-refractivity contribution in [3.8, 4) is 11.3 Å². The van der Waals surface area contributed by atoms with Crippen molar-refractivity contribution in [3.05, 3.63) is 59.3 Å². The number of fused-ring (bicyclic) bond motifs is 1. The van der Waals surface area contributed by atoms with Gasteiger partial charge in [-0.1, -0.05) is 25.1 Å². The molecule has 0 atom stereocenters. The van der Waals surface area contributed by atoms with Gasteiger partial charge < -0.3 is 14.7 Å². The lowest BCUT2D eigenvalue weighted by Gasteiger charge is -2.35. The molecule has 2 saturated heterocycles. The van der Waals surface area contributed by atoms with Crippen molar-refractivity contribution in [3.63, 3.8) is 0 Å². The van der Waals surface area contributed by atoms with Crippen molar-refractivity contribution in [1.82, 2.24) is 19.8 Å². The van der Waals surface area contributed by atoms with Gasteiger partial charge in [0.2, 0.25) is 0 Å². The number of amides is 1. The summed E-state index contributed by atoms with van der Waals surface area (Å²) < 4.78 is 0. The van der Waals surface area contributed by atoms with Crippen molar-refractivity contribution in [1.29, 1.82) is 0 Å². The van der Waals surface area contributed by atoms with Crippen LogP contribution in [-0.4, -0.2) is 76.7 Å². The van der Waals surface area contributed by atoms with Crippen LogP contribution in [0.25, 0.3) is 28.2 Å². The number of carbonyl (C=O) groups is 1. The Morgan fingerprint density at radius 3 is 2.43 bits per heavy atom. The van der Waals surface area contributed by atoms with Crippen LogP contribution < -0.4 is 4.90 Å². The van der Waals surface area contributed by atoms with Gasteiger partial charge in [-0.25, -0.2) is 9.97 Å². The summed E-state index contributed by atoms with van der Waals surface area (Å²) in [5, 5.41) is 1.82. The van der Waals surface area contributed by atoms with Crippen LogP contribution in [0.4, 0.5) is 5.69 Å². The Bertz CT molecular complexity index is 1350. The van der Waals surface area contributed by atoms with Gasteiger partial charge in [0.25, 0.3) is 5.91 Å². The van der Waals surface area contributed by atoms with Crippen LogP contribution in [0.5, 0.6) is 0 Å². The molecule has 0 radical (unpaired) electrons. The van der Waals surface area contributed by atoms with Crippen LogP contribution in [-0.2, 0) is 4.79 Å². The Balaban J connectivity index is 1.24. The van der Waals surface area contributed by atoms with Gasteiger partial charge in [-0.2, -0.15) is 4.99 Å². The number of rotatable bonds is 4. The summed E-state index contributed by atoms with van der Waals surface area (Å²) in [6, 6.07) is 14.8. The highest BCUT2D eigenvalue weighted by atomic mass is 32.2. The Morgan fingerprint density at radius 1 is 0.892 bits per heavy atom. The molecule has 0 N–H and O–H groups in total. The van der Waals surface area contributed by atoms with Gasteiger partial charge in [0, 0.05) is 55.9 Å². The smallest absolute Gasteiger partial charge is 0.286 e. The Morgan fingerprint density at radius 2 is 1.68 bits per heavy atom. The lowest BCUT2D eigenvalue weighted by Crippen LogP contribution is -2.46. The Labute approximate surface area is 222 Å². The third kappa shape index (κ3) is 5.13. The van der Waals surface area contributed by atoms with E-state index in [0.717, 1.165) is 91.5 Å². The molecule has 3 aliphatic heterocycles. The zero-order valence-electron chi connectivity index (χ0n) is 21.3. The van der Waals surface area contributed by atoms with E-state index in [1.165, 1.54) is 23.9 Å². The van der Waals surface area contributed by atoms with Crippen LogP contribution in [0.2, 0.25) is 0 Å². The monoisotopic (exact) mass is 512 g/mol. The van der Waals surface area contributed by atoms with Gasteiger partial charge in [-0.05, 0) is 73.5 Å². The van der Waals surface area contributed by atoms with Crippen molar-refractivity contribution in [2.45, 2.75) is 26.2 Å². The molecule has 0 spiro atoms. The van der Waals surface area contributed by atoms with Gasteiger partial charge in [-0.15, -0.1) is 0 Å². The summed E-state index contributed by atoms with van der Waals surface area (Å²) in [6.45, 7) is 9.64. The number of aliphatic imine (C=N–C) groups is 1. The molecule has 0 bridgehead atoms. The minimum Gasteiger partial charge on any atom is -0.369 e. The van der Waals surface area contributed by atoms with Gasteiger partial charge in [0.15, 0.2) is 5.17 Å². The molecule has 0 unspecified atom stereocenters. The maximum absolute atomic E-state index is 12.6. The highest BCUT2D eigenvalue weighted by molar-refractivity contribution is 8.18. The first-order chi connectivity index (χ1) is 18.2. The van der Waals surface area contributed by atoms with E-state index < -0.39 is 0 Å². The number of piperazine rings is 1. The molecular weight excluding hydrogens is 480 g/mol. The number of likely N-dealkylation sites (tertiary alicyclic amines) is 1. The van der Waals surface area contributed by atoms with Crippen molar-refractivity contribution >= 4 is 45.5 Å². The van der Waals surface area contributed by atoms with Gasteiger partial charge >= 0.3 is 0 Å². The van der Waals surface area contributed by atoms with Crippen LogP contribution in [0.15, 0.2) is 58.7 Å². The largest absolute Gasteiger partial charge is 0.369 e. The van der Waals surface area contributed by atoms with E-state index in [4.69, 9.17) is 0 Å². The number of carbonyl (C=O) groups excluding carboxylic acids is 1. The number of amidine groups is 1. The second-order valence-electron chi connectivity index (χ2n) is 9.82. The molecule has 0 saturated carbocycles. The van der Waals surface area contributed by atoms with E-state index in [2.05, 4.69) is 66.9 Å². The first-order valence-electron chi connectivity index (χ1n) is 13.3. The average Bonchev–Trinajstić information content (AvgIpc) is 3.33. The zero-order valence-corrected chi connectivity index (χ0v) is 22.1. The van der Waals surface area contributed by atoms with Crippen molar-refractivity contribution < 1.29 is 4.79 Å². The third-order valence-electron chi connectivity index (χ3n) is 7.52. The number of benzene rings is 2. The van der Waals surface area contributed by atoms with Crippen LogP contribution in [0.1, 0.15) is 31.7 Å². The molecule has 2 fully saturated rings. The number of likely N-dealkylation sites (N-methyl/N-ethyl adjacent to an activating group) is 1. The highest BCUT2D eigenvalue weighted by Gasteiger charge is 2.27. The molecule has 4 heterocycles. The fourth-order valence-corrected chi connectivity index (χ4v) is 6.28. The molecule has 37 heavy (non-hydrogen) atoms. The molecule has 6 rings (SSSR count). The predicted molar refractivity (Wildman–Crippen MR) is 153 cm³/mol. The van der Waals surface area contributed by atoms with Gasteiger partial charge in [-0.3, -0.25) is 4.79 Å². The van der Waals surface area contributed by atoms with E-state index in [1.807, 2.05) is 18.2 Å². The molecule has 3 aliphatic rings. The summed E-state index contributed by atoms with van der Waals surface area (Å²) in [5.74, 6) is -0.148. The predicted octanol–water partition coefficient (Wildman–Crippen LogP) is 4.89. The molecule has 0 aliphatic carbocycles. The number of piperidine rings is 1. The van der Waals surface area contributed by atoms with Crippen LogP contribution >= 0.6 is 11.8 Å². The summed E-state index contributed by atoms with van der Waals surface area (Å²) >= 11 is 1.49. The van der Waals surface area contributed by atoms with Gasteiger partial charge in [0.1, 0.15) is 6.33 Å². The maximum atomic E-state index is 12.6. The fraction of sp³-hybridized carbons (Fsp3) is 0.379. The standard InChI is InChI=1S/C29H32N6OS/c1-2-33-14-16-34(17-15-33)23-9-7-22(8-10-23)27-24-18-21(6-11-25(24)30-20-31-27)19-26-28(36)32-29(37-26)35-12-4-3-5-13-35/h6-11,18-20H,2-5,12-17H2,1H3. The highest BCUT2D eigenvalue weighted by Crippen LogP contribution is 2.33. The second-order valence-corrected chi connectivity index (χ2v) is 10.8. The summed E-state index contributed by atoms with van der Waals surface area (Å²) in [5.41, 5.74) is 5.07. The first-order valence-corrected chi connectivity index (χ1v) is 14.1. The SMILES string of the molecule is CCN1CCN(c2ccc(-c3ncnc4ccc(C=C5SC(N6CCCCC6)=NC5=O)cc34)cc2)CC1. The quantitative estimate of drug-likeness (QED) is 0.461. The van der Waals surface area contributed by atoms with Gasteiger partial charge in [0.05, 0.1) is 16.1 Å². The number of thioether (sulfide) groups is 1. The van der Waals surface area contributed by atoms with E-state index in [9.17, 15) is 4.79 Å². The second kappa shape index (κ2) is 10.6. The van der Waals surface area contributed by atoms with Crippen molar-refractivity contribution in [2.24, 2.45) is 4.99 Å².